The Morgan fingerprint density at radius 1 is 1.42 bits per heavy atom. The summed E-state index contributed by atoms with van der Waals surface area (Å²) in [6, 6.07) is 8.74. The smallest absolute Gasteiger partial charge is 0.0624 e. The van der Waals surface area contributed by atoms with Crippen molar-refractivity contribution in [3.63, 3.8) is 0 Å². The third-order valence-corrected chi connectivity index (χ3v) is 5.39. The van der Waals surface area contributed by atoms with Crippen LogP contribution in [0.2, 0.25) is 0 Å². The van der Waals surface area contributed by atoms with Gasteiger partial charge in [0.2, 0.25) is 0 Å². The molecule has 0 saturated carbocycles. The van der Waals surface area contributed by atoms with Crippen LogP contribution in [0.4, 0.5) is 0 Å². The van der Waals surface area contributed by atoms with Crippen LogP contribution in [0.1, 0.15) is 18.9 Å². The first kappa shape index (κ1) is 13.0. The van der Waals surface area contributed by atoms with Crippen LogP contribution in [0.15, 0.2) is 34.3 Å². The first-order valence-electron chi connectivity index (χ1n) is 6.94. The fourth-order valence-corrected chi connectivity index (χ4v) is 4.43. The molecule has 1 aromatic carbocycles. The van der Waals surface area contributed by atoms with E-state index < -0.39 is 0 Å². The molecular weight excluding hydrogens is 256 g/mol. The predicted octanol–water partition coefficient (Wildman–Crippen LogP) is 2.88. The van der Waals surface area contributed by atoms with Crippen LogP contribution in [0, 0.1) is 5.92 Å². The van der Waals surface area contributed by atoms with Crippen molar-refractivity contribution in [3.05, 3.63) is 29.8 Å². The molecule has 2 atom stereocenters. The minimum absolute atomic E-state index is 0.382. The number of piperidine rings is 1. The summed E-state index contributed by atoms with van der Waals surface area (Å²) in [4.78, 5) is 3.97. The summed E-state index contributed by atoms with van der Waals surface area (Å²) in [5, 5.41) is 13.0. The van der Waals surface area contributed by atoms with Crippen molar-refractivity contribution in [1.82, 2.24) is 4.90 Å². The maximum Gasteiger partial charge on any atom is 0.0624 e. The van der Waals surface area contributed by atoms with E-state index in [0.717, 1.165) is 31.8 Å². The fraction of sp³-hybridized carbons (Fsp3) is 0.533. The van der Waals surface area contributed by atoms with Crippen LogP contribution in [0.3, 0.4) is 0 Å². The highest BCUT2D eigenvalue weighted by atomic mass is 32.2. The van der Waals surface area contributed by atoms with Crippen molar-refractivity contribution in [2.75, 3.05) is 19.6 Å². The van der Waals surface area contributed by atoms with Gasteiger partial charge in [0.25, 0.3) is 0 Å². The summed E-state index contributed by atoms with van der Waals surface area (Å²) in [6.07, 6.45) is 2.09. The van der Waals surface area contributed by atoms with Gasteiger partial charge in [-0.1, -0.05) is 30.3 Å². The second-order valence-electron chi connectivity index (χ2n) is 5.55. The zero-order valence-corrected chi connectivity index (χ0v) is 12.1. The van der Waals surface area contributed by atoms with E-state index in [1.165, 1.54) is 16.9 Å². The predicted molar refractivity (Wildman–Crippen MR) is 79.2 cm³/mol. The average molecular weight is 276 g/mol. The molecule has 102 valence electrons. The summed E-state index contributed by atoms with van der Waals surface area (Å²) >= 11 is 2.02. The van der Waals surface area contributed by atoms with Crippen molar-refractivity contribution in [2.45, 2.75) is 29.9 Å². The zero-order valence-electron chi connectivity index (χ0n) is 11.2. The number of benzene rings is 1. The number of thioether (sulfide) groups is 1. The Balaban J connectivity index is 1.57. The monoisotopic (exact) mass is 276 g/mol. The lowest BCUT2D eigenvalue weighted by molar-refractivity contribution is 0.236. The molecule has 3 rings (SSSR count). The van der Waals surface area contributed by atoms with Crippen LogP contribution in [-0.2, 0) is 6.42 Å². The summed E-state index contributed by atoms with van der Waals surface area (Å²) < 4.78 is 0. The Morgan fingerprint density at radius 3 is 3.00 bits per heavy atom. The van der Waals surface area contributed by atoms with Gasteiger partial charge in [-0.05, 0) is 18.1 Å². The van der Waals surface area contributed by atoms with E-state index in [0.29, 0.717) is 11.2 Å². The normalized spacial score (nSPS) is 29.6. The van der Waals surface area contributed by atoms with E-state index in [1.807, 2.05) is 11.8 Å². The highest BCUT2D eigenvalue weighted by molar-refractivity contribution is 8.00. The van der Waals surface area contributed by atoms with Gasteiger partial charge in [-0.3, -0.25) is 0 Å². The molecule has 1 saturated heterocycles. The topological polar surface area (TPSA) is 35.8 Å². The van der Waals surface area contributed by atoms with Crippen LogP contribution >= 0.6 is 11.8 Å². The first-order valence-corrected chi connectivity index (χ1v) is 7.82. The third kappa shape index (κ3) is 2.79. The minimum Gasteiger partial charge on any atom is -0.411 e. The summed E-state index contributed by atoms with van der Waals surface area (Å²) in [7, 11) is 0. The van der Waals surface area contributed by atoms with Gasteiger partial charge in [-0.15, -0.1) is 11.8 Å². The zero-order chi connectivity index (χ0) is 13.2. The average Bonchev–Trinajstić information content (AvgIpc) is 2.81. The number of hydrogen-bond acceptors (Lipinski definition) is 4. The molecule has 2 aliphatic rings. The van der Waals surface area contributed by atoms with Crippen LogP contribution < -0.4 is 0 Å². The number of hydrogen-bond donors (Lipinski definition) is 1. The minimum atomic E-state index is 0.382. The van der Waals surface area contributed by atoms with Gasteiger partial charge in [0.15, 0.2) is 0 Å². The third-order valence-electron chi connectivity index (χ3n) is 4.09. The maximum atomic E-state index is 8.92. The van der Waals surface area contributed by atoms with E-state index in [1.54, 1.807) is 0 Å². The van der Waals surface area contributed by atoms with Crippen molar-refractivity contribution in [1.29, 1.82) is 0 Å². The molecule has 19 heavy (non-hydrogen) atoms. The second-order valence-corrected chi connectivity index (χ2v) is 6.90. The van der Waals surface area contributed by atoms with E-state index in [9.17, 15) is 0 Å². The molecule has 0 amide bonds. The molecular formula is C15H20N2OS. The molecule has 0 radical (unpaired) electrons. The highest BCUT2D eigenvalue weighted by Crippen LogP contribution is 2.37. The SMILES string of the molecule is CC1CN(CC2Cc3ccccc3S2)CC/C1=N\O. The quantitative estimate of drug-likeness (QED) is 0.666. The standard InChI is InChI=1S/C15H20N2OS/c1-11-9-17(7-6-14(11)16-18)10-13-8-12-4-2-3-5-15(12)19-13/h2-5,11,13,18H,6-10H2,1H3/b16-14+. The fourth-order valence-electron chi connectivity index (χ4n) is 3.06. The molecule has 0 aromatic heterocycles. The largest absolute Gasteiger partial charge is 0.411 e. The molecule has 1 fully saturated rings. The highest BCUT2D eigenvalue weighted by Gasteiger charge is 2.28. The molecule has 1 aromatic rings. The molecule has 2 aliphatic heterocycles. The molecule has 0 spiro atoms. The van der Waals surface area contributed by atoms with Gasteiger partial charge >= 0.3 is 0 Å². The summed E-state index contributed by atoms with van der Waals surface area (Å²) in [5.74, 6) is 0.382. The lowest BCUT2D eigenvalue weighted by Crippen LogP contribution is -2.42. The van der Waals surface area contributed by atoms with E-state index in [-0.39, 0.29) is 0 Å². The van der Waals surface area contributed by atoms with E-state index >= 15 is 0 Å². The lowest BCUT2D eigenvalue weighted by Gasteiger charge is -2.32. The Kier molecular flexibility index (Phi) is 3.80. The molecule has 3 nitrogen and oxygen atoms in total. The maximum absolute atomic E-state index is 8.92. The Labute approximate surface area is 118 Å². The van der Waals surface area contributed by atoms with Gasteiger partial charge in [-0.2, -0.15) is 0 Å². The number of rotatable bonds is 2. The van der Waals surface area contributed by atoms with Crippen molar-refractivity contribution >= 4 is 17.5 Å². The lowest BCUT2D eigenvalue weighted by atomic mass is 9.97. The number of likely N-dealkylation sites (tertiary alicyclic amines) is 1. The van der Waals surface area contributed by atoms with Gasteiger partial charge in [0, 0.05) is 42.1 Å². The first-order chi connectivity index (χ1) is 9.26. The van der Waals surface area contributed by atoms with E-state index in [4.69, 9.17) is 5.21 Å². The number of oxime groups is 1. The van der Waals surface area contributed by atoms with Crippen LogP contribution in [0.5, 0.6) is 0 Å². The summed E-state index contributed by atoms with van der Waals surface area (Å²) in [5.41, 5.74) is 2.46. The molecule has 0 aliphatic carbocycles. The van der Waals surface area contributed by atoms with Crippen LogP contribution in [-0.4, -0.2) is 40.7 Å². The van der Waals surface area contributed by atoms with Gasteiger partial charge in [-0.25, -0.2) is 0 Å². The van der Waals surface area contributed by atoms with Crippen molar-refractivity contribution < 1.29 is 5.21 Å². The van der Waals surface area contributed by atoms with Gasteiger partial charge in [0.05, 0.1) is 5.71 Å². The molecule has 1 N–H and O–H groups in total. The molecule has 0 bridgehead atoms. The second kappa shape index (κ2) is 5.55. The van der Waals surface area contributed by atoms with Crippen molar-refractivity contribution in [2.24, 2.45) is 11.1 Å². The van der Waals surface area contributed by atoms with E-state index in [2.05, 4.69) is 41.2 Å². The van der Waals surface area contributed by atoms with Gasteiger partial charge in [0.1, 0.15) is 0 Å². The molecule has 2 heterocycles. The number of nitrogens with zero attached hydrogens (tertiary/aromatic N) is 2. The molecule has 4 heteroatoms. The number of fused-ring (bicyclic) bond motifs is 1. The summed E-state index contributed by atoms with van der Waals surface area (Å²) in [6.45, 7) is 5.34. The Bertz CT molecular complexity index is 464. The molecule has 2 unspecified atom stereocenters. The Morgan fingerprint density at radius 2 is 2.26 bits per heavy atom. The Hall–Kier alpha value is -1.00. The van der Waals surface area contributed by atoms with Crippen molar-refractivity contribution in [3.8, 4) is 0 Å². The van der Waals surface area contributed by atoms with Crippen LogP contribution in [0.25, 0.3) is 0 Å². The van der Waals surface area contributed by atoms with Gasteiger partial charge < -0.3 is 10.1 Å².